The summed E-state index contributed by atoms with van der Waals surface area (Å²) in [5.74, 6) is -3.03. The summed E-state index contributed by atoms with van der Waals surface area (Å²) in [6.45, 7) is 3.55. The largest absolute Gasteiger partial charge is 0.399 e. The van der Waals surface area contributed by atoms with Crippen LogP contribution in [0.2, 0.25) is 0 Å². The molecular formula is C17H19F2N3. The lowest BCUT2D eigenvalue weighted by Crippen LogP contribution is -2.28. The predicted molar refractivity (Wildman–Crippen MR) is 85.2 cm³/mol. The lowest BCUT2D eigenvalue weighted by molar-refractivity contribution is 0.0524. The lowest BCUT2D eigenvalue weighted by atomic mass is 10.0. The van der Waals surface area contributed by atoms with Gasteiger partial charge < -0.3 is 11.5 Å². The Bertz CT molecular complexity index is 639. The molecule has 0 aliphatic carbocycles. The van der Waals surface area contributed by atoms with Crippen molar-refractivity contribution in [1.29, 1.82) is 0 Å². The monoisotopic (exact) mass is 303 g/mol. The first-order valence-corrected chi connectivity index (χ1v) is 6.87. The fourth-order valence-corrected chi connectivity index (χ4v) is 2.06. The van der Waals surface area contributed by atoms with Crippen LogP contribution in [0.3, 0.4) is 0 Å². The first-order chi connectivity index (χ1) is 10.4. The number of nitrogen functional groups attached to an aromatic ring is 1. The van der Waals surface area contributed by atoms with Crippen molar-refractivity contribution in [2.24, 2.45) is 5.73 Å². The second-order valence-electron chi connectivity index (χ2n) is 5.05. The molecule has 0 amide bonds. The number of anilines is 1. The summed E-state index contributed by atoms with van der Waals surface area (Å²) in [6, 6.07) is 13.4. The van der Waals surface area contributed by atoms with Crippen LogP contribution in [-0.4, -0.2) is 0 Å². The lowest BCUT2D eigenvalue weighted by Gasteiger charge is -2.16. The fourth-order valence-electron chi connectivity index (χ4n) is 2.06. The Morgan fingerprint density at radius 2 is 1.86 bits per heavy atom. The van der Waals surface area contributed by atoms with Gasteiger partial charge in [0.1, 0.15) is 0 Å². The molecule has 3 nitrogen and oxygen atoms in total. The molecule has 2 rings (SSSR count). The van der Waals surface area contributed by atoms with Gasteiger partial charge in [-0.3, -0.25) is 5.32 Å². The quantitative estimate of drug-likeness (QED) is 0.436. The maximum atomic E-state index is 13.6. The van der Waals surface area contributed by atoms with Gasteiger partial charge in [0.2, 0.25) is 0 Å². The number of benzene rings is 2. The number of hydrogen-bond acceptors (Lipinski definition) is 3. The molecule has 0 saturated heterocycles. The van der Waals surface area contributed by atoms with E-state index in [2.05, 4.69) is 11.9 Å². The summed E-state index contributed by atoms with van der Waals surface area (Å²) >= 11 is 0. The van der Waals surface area contributed by atoms with Crippen LogP contribution in [0.4, 0.5) is 14.5 Å². The molecule has 2 aromatic rings. The van der Waals surface area contributed by atoms with E-state index in [4.69, 9.17) is 11.5 Å². The van der Waals surface area contributed by atoms with E-state index >= 15 is 0 Å². The van der Waals surface area contributed by atoms with Gasteiger partial charge in [-0.2, -0.15) is 8.78 Å². The molecule has 0 fully saturated rings. The standard InChI is InChI=1S/C17H19F2N3/c1-2-17(18,19)14-5-3-4-12(10-14)11-22-16(21)13-6-8-15(20)9-7-13/h2-10,16,22H,1,11,20-21H2. The predicted octanol–water partition coefficient (Wildman–Crippen LogP) is 3.29. The summed E-state index contributed by atoms with van der Waals surface area (Å²) in [5.41, 5.74) is 13.8. The molecule has 5 N–H and O–H groups in total. The third-order valence-electron chi connectivity index (χ3n) is 3.39. The van der Waals surface area contributed by atoms with Gasteiger partial charge in [0.15, 0.2) is 0 Å². The van der Waals surface area contributed by atoms with Crippen LogP contribution >= 0.6 is 0 Å². The summed E-state index contributed by atoms with van der Waals surface area (Å²) in [4.78, 5) is 0. The Balaban J connectivity index is 2.04. The van der Waals surface area contributed by atoms with Gasteiger partial charge in [-0.15, -0.1) is 0 Å². The summed E-state index contributed by atoms with van der Waals surface area (Å²) < 4.78 is 27.2. The average Bonchev–Trinajstić information content (AvgIpc) is 2.53. The van der Waals surface area contributed by atoms with E-state index < -0.39 is 12.1 Å². The van der Waals surface area contributed by atoms with Crippen LogP contribution in [0.25, 0.3) is 0 Å². The molecule has 0 aliphatic heterocycles. The molecule has 22 heavy (non-hydrogen) atoms. The van der Waals surface area contributed by atoms with Crippen molar-refractivity contribution < 1.29 is 8.78 Å². The van der Waals surface area contributed by atoms with E-state index in [0.717, 1.165) is 11.1 Å². The van der Waals surface area contributed by atoms with Crippen LogP contribution in [0.1, 0.15) is 22.9 Å². The van der Waals surface area contributed by atoms with Gasteiger partial charge in [-0.05, 0) is 35.4 Å². The topological polar surface area (TPSA) is 64.1 Å². The molecule has 1 atom stereocenters. The zero-order valence-electron chi connectivity index (χ0n) is 12.1. The van der Waals surface area contributed by atoms with Crippen molar-refractivity contribution in [3.63, 3.8) is 0 Å². The van der Waals surface area contributed by atoms with Gasteiger partial charge in [0.25, 0.3) is 5.92 Å². The van der Waals surface area contributed by atoms with Gasteiger partial charge in [-0.25, -0.2) is 0 Å². The zero-order valence-corrected chi connectivity index (χ0v) is 12.1. The molecular weight excluding hydrogens is 284 g/mol. The van der Waals surface area contributed by atoms with Crippen molar-refractivity contribution in [3.05, 3.63) is 77.9 Å². The van der Waals surface area contributed by atoms with Crippen molar-refractivity contribution in [2.75, 3.05) is 5.73 Å². The Morgan fingerprint density at radius 1 is 1.18 bits per heavy atom. The minimum atomic E-state index is -3.03. The highest BCUT2D eigenvalue weighted by Gasteiger charge is 2.26. The third-order valence-corrected chi connectivity index (χ3v) is 3.39. The van der Waals surface area contributed by atoms with Gasteiger partial charge >= 0.3 is 0 Å². The molecule has 0 spiro atoms. The number of halogens is 2. The van der Waals surface area contributed by atoms with Crippen LogP contribution in [-0.2, 0) is 12.5 Å². The Hall–Kier alpha value is -2.24. The van der Waals surface area contributed by atoms with Crippen molar-refractivity contribution >= 4 is 5.69 Å². The average molecular weight is 303 g/mol. The number of rotatable bonds is 6. The molecule has 1 unspecified atom stereocenters. The van der Waals surface area contributed by atoms with E-state index in [-0.39, 0.29) is 5.56 Å². The molecule has 0 heterocycles. The van der Waals surface area contributed by atoms with E-state index in [9.17, 15) is 8.78 Å². The third kappa shape index (κ3) is 3.90. The molecule has 0 bridgehead atoms. The molecule has 0 aliphatic rings. The van der Waals surface area contributed by atoms with Crippen LogP contribution in [0.5, 0.6) is 0 Å². The first-order valence-electron chi connectivity index (χ1n) is 6.87. The normalized spacial score (nSPS) is 12.9. The number of hydrogen-bond donors (Lipinski definition) is 3. The summed E-state index contributed by atoms with van der Waals surface area (Å²) in [5, 5.41) is 3.10. The van der Waals surface area contributed by atoms with Crippen LogP contribution in [0, 0.1) is 0 Å². The van der Waals surface area contributed by atoms with Crippen molar-refractivity contribution in [2.45, 2.75) is 18.6 Å². The maximum absolute atomic E-state index is 13.6. The fraction of sp³-hybridized carbons (Fsp3) is 0.176. The Morgan fingerprint density at radius 3 is 2.50 bits per heavy atom. The van der Waals surface area contributed by atoms with Gasteiger partial charge in [0, 0.05) is 17.8 Å². The minimum absolute atomic E-state index is 0.0807. The molecule has 0 saturated carbocycles. The second-order valence-corrected chi connectivity index (χ2v) is 5.05. The Kier molecular flexibility index (Phi) is 4.90. The SMILES string of the molecule is C=CC(F)(F)c1cccc(CNC(N)c2ccc(N)cc2)c1. The molecule has 5 heteroatoms. The van der Waals surface area contributed by atoms with E-state index in [1.165, 1.54) is 12.1 Å². The maximum Gasteiger partial charge on any atom is 0.291 e. The highest BCUT2D eigenvalue weighted by Crippen LogP contribution is 2.29. The number of allylic oxidation sites excluding steroid dienone is 1. The smallest absolute Gasteiger partial charge is 0.291 e. The molecule has 0 aromatic heterocycles. The second kappa shape index (κ2) is 6.68. The minimum Gasteiger partial charge on any atom is -0.399 e. The van der Waals surface area contributed by atoms with Crippen LogP contribution < -0.4 is 16.8 Å². The van der Waals surface area contributed by atoms with Crippen molar-refractivity contribution in [1.82, 2.24) is 5.32 Å². The highest BCUT2D eigenvalue weighted by atomic mass is 19.3. The zero-order chi connectivity index (χ0) is 16.2. The van der Waals surface area contributed by atoms with Crippen molar-refractivity contribution in [3.8, 4) is 0 Å². The first kappa shape index (κ1) is 16.1. The number of alkyl halides is 2. The van der Waals surface area contributed by atoms with E-state index in [1.807, 2.05) is 12.1 Å². The van der Waals surface area contributed by atoms with Crippen LogP contribution in [0.15, 0.2) is 61.2 Å². The number of nitrogens with one attached hydrogen (secondary N) is 1. The molecule has 0 radical (unpaired) electrons. The molecule has 2 aromatic carbocycles. The van der Waals surface area contributed by atoms with E-state index in [0.29, 0.717) is 18.3 Å². The molecule has 116 valence electrons. The van der Waals surface area contributed by atoms with E-state index in [1.54, 1.807) is 24.3 Å². The van der Waals surface area contributed by atoms with Gasteiger partial charge in [-0.1, -0.05) is 36.9 Å². The summed E-state index contributed by atoms with van der Waals surface area (Å²) in [6.07, 6.45) is 0.240. The Labute approximate surface area is 128 Å². The number of nitrogens with two attached hydrogens (primary N) is 2. The van der Waals surface area contributed by atoms with Gasteiger partial charge in [0.05, 0.1) is 6.17 Å². The highest BCUT2D eigenvalue weighted by molar-refractivity contribution is 5.40. The summed E-state index contributed by atoms with van der Waals surface area (Å²) in [7, 11) is 0.